The van der Waals surface area contributed by atoms with E-state index in [1.165, 1.54) is 0 Å². The minimum Gasteiger partial charge on any atom is -0.466 e. The normalized spacial score (nSPS) is 13.7. The lowest BCUT2D eigenvalue weighted by molar-refractivity contribution is -0.148. The van der Waals surface area contributed by atoms with Crippen molar-refractivity contribution in [1.82, 2.24) is 0 Å². The van der Waals surface area contributed by atoms with Crippen LogP contribution in [0.1, 0.15) is 39.5 Å². The predicted molar refractivity (Wildman–Crippen MR) is 64.6 cm³/mol. The van der Waals surface area contributed by atoms with Crippen molar-refractivity contribution in [3.8, 4) is 0 Å². The fourth-order valence-electron chi connectivity index (χ4n) is 1.26. The van der Waals surface area contributed by atoms with Crippen LogP contribution < -0.4 is 0 Å². The molecule has 0 aromatic rings. The summed E-state index contributed by atoms with van der Waals surface area (Å²) in [5.41, 5.74) is 0. The molecule has 2 nitrogen and oxygen atoms in total. The Kier molecular flexibility index (Phi) is 7.76. The van der Waals surface area contributed by atoms with Crippen LogP contribution in [-0.2, 0) is 9.53 Å². The molecule has 15 heavy (non-hydrogen) atoms. The first kappa shape index (κ1) is 15.3. The van der Waals surface area contributed by atoms with E-state index < -0.39 is 15.7 Å². The molecule has 0 bridgehead atoms. The second-order valence-corrected chi connectivity index (χ2v) is 5.71. The van der Waals surface area contributed by atoms with E-state index in [0.29, 0.717) is 13.0 Å². The van der Waals surface area contributed by atoms with Gasteiger partial charge in [-0.25, -0.2) is 0 Å². The third-order valence-electron chi connectivity index (χ3n) is 2.06. The first-order valence-corrected chi connectivity index (χ1v) is 6.30. The summed E-state index contributed by atoms with van der Waals surface area (Å²) in [7, 11) is 0. The molecule has 0 aliphatic rings. The van der Waals surface area contributed by atoms with Gasteiger partial charge in [-0.15, -0.1) is 0 Å². The molecule has 0 amide bonds. The minimum atomic E-state index is -1.57. The molecular weight excluding hydrogens is 258 g/mol. The maximum Gasteiger partial charge on any atom is 0.313 e. The average molecular weight is 276 g/mol. The summed E-state index contributed by atoms with van der Waals surface area (Å²) in [5, 5.41) is 0. The van der Waals surface area contributed by atoms with Crippen molar-refractivity contribution in [2.45, 2.75) is 43.3 Å². The number of hydrogen-bond donors (Lipinski definition) is 0. The molecule has 0 fully saturated rings. The van der Waals surface area contributed by atoms with Gasteiger partial charge in [-0.2, -0.15) is 0 Å². The number of unbranched alkanes of at least 4 members (excludes halogenated alkanes) is 2. The smallest absolute Gasteiger partial charge is 0.313 e. The summed E-state index contributed by atoms with van der Waals surface area (Å²) in [4.78, 5) is 11.5. The van der Waals surface area contributed by atoms with Crippen LogP contribution in [0.2, 0.25) is 0 Å². The Morgan fingerprint density at radius 3 is 2.27 bits per heavy atom. The van der Waals surface area contributed by atoms with E-state index in [0.717, 1.165) is 19.3 Å². The predicted octanol–water partition coefficient (Wildman–Crippen LogP) is 4.12. The lowest BCUT2D eigenvalue weighted by Gasteiger charge is -2.22. The molecule has 0 aromatic heterocycles. The quantitative estimate of drug-likeness (QED) is 0.414. The van der Waals surface area contributed by atoms with Crippen molar-refractivity contribution in [1.29, 1.82) is 0 Å². The highest BCUT2D eigenvalue weighted by molar-refractivity contribution is 6.68. The summed E-state index contributed by atoms with van der Waals surface area (Å²) < 4.78 is 3.30. The van der Waals surface area contributed by atoms with Crippen molar-refractivity contribution in [2.24, 2.45) is 5.92 Å². The minimum absolute atomic E-state index is 0.309. The van der Waals surface area contributed by atoms with Gasteiger partial charge in [0.2, 0.25) is 3.79 Å². The monoisotopic (exact) mass is 274 g/mol. The van der Waals surface area contributed by atoms with Crippen molar-refractivity contribution in [2.75, 3.05) is 6.61 Å². The Hall–Kier alpha value is 0.340. The van der Waals surface area contributed by atoms with Crippen molar-refractivity contribution in [3.05, 3.63) is 0 Å². The molecule has 0 radical (unpaired) electrons. The number of carbonyl (C=O) groups is 1. The van der Waals surface area contributed by atoms with E-state index in [1.54, 1.807) is 6.92 Å². The van der Waals surface area contributed by atoms with Gasteiger partial charge in [-0.3, -0.25) is 4.79 Å². The van der Waals surface area contributed by atoms with Gasteiger partial charge in [0.15, 0.2) is 0 Å². The topological polar surface area (TPSA) is 26.3 Å². The van der Waals surface area contributed by atoms with Crippen LogP contribution >= 0.6 is 34.8 Å². The van der Waals surface area contributed by atoms with E-state index >= 15 is 0 Å². The Morgan fingerprint density at radius 1 is 1.27 bits per heavy atom. The zero-order valence-electron chi connectivity index (χ0n) is 9.06. The number of carbonyl (C=O) groups excluding carboxylic acids is 1. The van der Waals surface area contributed by atoms with E-state index in [1.807, 2.05) is 0 Å². The Bertz CT molecular complexity index is 190. The van der Waals surface area contributed by atoms with Crippen LogP contribution in [0, 0.1) is 5.92 Å². The SMILES string of the molecule is CCCCCC(C(=O)OCC)C(Cl)(Cl)Cl. The number of alkyl halides is 3. The van der Waals surface area contributed by atoms with Gasteiger partial charge < -0.3 is 4.74 Å². The number of halogens is 3. The molecule has 1 atom stereocenters. The Morgan fingerprint density at radius 2 is 1.87 bits per heavy atom. The van der Waals surface area contributed by atoms with Gasteiger partial charge >= 0.3 is 5.97 Å². The first-order valence-electron chi connectivity index (χ1n) is 5.16. The maximum absolute atomic E-state index is 11.5. The summed E-state index contributed by atoms with van der Waals surface area (Å²) >= 11 is 17.2. The molecule has 0 spiro atoms. The van der Waals surface area contributed by atoms with E-state index in [9.17, 15) is 4.79 Å². The van der Waals surface area contributed by atoms with E-state index in [-0.39, 0.29) is 0 Å². The molecule has 5 heteroatoms. The van der Waals surface area contributed by atoms with Crippen LogP contribution in [0.5, 0.6) is 0 Å². The van der Waals surface area contributed by atoms with E-state index in [2.05, 4.69) is 6.92 Å². The van der Waals surface area contributed by atoms with Crippen LogP contribution in [0.15, 0.2) is 0 Å². The second-order valence-electron chi connectivity index (χ2n) is 3.34. The fourth-order valence-corrected chi connectivity index (χ4v) is 1.85. The molecule has 0 aromatic carbocycles. The molecule has 0 N–H and O–H groups in total. The molecular formula is C10H17Cl3O2. The first-order chi connectivity index (χ1) is 6.93. The zero-order valence-corrected chi connectivity index (χ0v) is 11.3. The lowest BCUT2D eigenvalue weighted by Crippen LogP contribution is -2.29. The van der Waals surface area contributed by atoms with Gasteiger partial charge in [-0.05, 0) is 13.3 Å². The summed E-state index contributed by atoms with van der Waals surface area (Å²) in [6.07, 6.45) is 3.52. The molecule has 0 rings (SSSR count). The fraction of sp³-hybridized carbons (Fsp3) is 0.900. The van der Waals surface area contributed by atoms with Gasteiger partial charge in [-0.1, -0.05) is 61.0 Å². The van der Waals surface area contributed by atoms with Crippen LogP contribution in [-0.4, -0.2) is 16.4 Å². The maximum atomic E-state index is 11.5. The van der Waals surface area contributed by atoms with Gasteiger partial charge in [0, 0.05) is 0 Å². The van der Waals surface area contributed by atoms with Crippen LogP contribution in [0.3, 0.4) is 0 Å². The van der Waals surface area contributed by atoms with Gasteiger partial charge in [0.1, 0.15) is 5.92 Å². The summed E-state index contributed by atoms with van der Waals surface area (Å²) in [6, 6.07) is 0. The molecule has 0 aliphatic carbocycles. The third kappa shape index (κ3) is 6.49. The highest BCUT2D eigenvalue weighted by Gasteiger charge is 2.38. The van der Waals surface area contributed by atoms with Crippen molar-refractivity contribution >= 4 is 40.8 Å². The second kappa shape index (κ2) is 7.59. The number of ether oxygens (including phenoxy) is 1. The number of hydrogen-bond acceptors (Lipinski definition) is 2. The highest BCUT2D eigenvalue weighted by Crippen LogP contribution is 2.38. The largest absolute Gasteiger partial charge is 0.466 e. The van der Waals surface area contributed by atoms with Crippen LogP contribution in [0.4, 0.5) is 0 Å². The standard InChI is InChI=1S/C10H17Cl3O2/c1-3-5-6-7-8(10(11,12)13)9(14)15-4-2/h8H,3-7H2,1-2H3. The highest BCUT2D eigenvalue weighted by atomic mass is 35.6. The summed E-state index contributed by atoms with van der Waals surface area (Å²) in [5.74, 6) is -1.08. The Balaban J connectivity index is 4.25. The third-order valence-corrected chi connectivity index (χ3v) is 2.85. The zero-order chi connectivity index (χ0) is 11.9. The van der Waals surface area contributed by atoms with Crippen LogP contribution in [0.25, 0.3) is 0 Å². The van der Waals surface area contributed by atoms with Gasteiger partial charge in [0.05, 0.1) is 6.61 Å². The molecule has 0 aliphatic heterocycles. The molecule has 90 valence electrons. The van der Waals surface area contributed by atoms with E-state index in [4.69, 9.17) is 39.5 Å². The lowest BCUT2D eigenvalue weighted by atomic mass is 10.0. The molecule has 1 unspecified atom stereocenters. The molecule has 0 saturated carbocycles. The summed E-state index contributed by atoms with van der Waals surface area (Å²) in [6.45, 7) is 4.12. The number of esters is 1. The molecule has 0 heterocycles. The van der Waals surface area contributed by atoms with Gasteiger partial charge in [0.25, 0.3) is 0 Å². The van der Waals surface area contributed by atoms with Crippen molar-refractivity contribution < 1.29 is 9.53 Å². The average Bonchev–Trinajstić information content (AvgIpc) is 2.10. The van der Waals surface area contributed by atoms with Crippen molar-refractivity contribution in [3.63, 3.8) is 0 Å². The molecule has 0 saturated heterocycles. The number of rotatable bonds is 6. The Labute approximate surface area is 106 Å².